The van der Waals surface area contributed by atoms with Crippen molar-refractivity contribution in [1.29, 1.82) is 0 Å². The Hall–Kier alpha value is -2.17. The number of amides is 1. The molecule has 0 spiro atoms. The smallest absolute Gasteiger partial charge is 0.311 e. The van der Waals surface area contributed by atoms with Gasteiger partial charge in [-0.2, -0.15) is 5.10 Å². The first-order valence-electron chi connectivity index (χ1n) is 6.79. The van der Waals surface area contributed by atoms with Gasteiger partial charge in [0.1, 0.15) is 0 Å². The summed E-state index contributed by atoms with van der Waals surface area (Å²) in [7, 11) is 0. The average molecular weight is 274 g/mol. The molecule has 106 valence electrons. The highest BCUT2D eigenvalue weighted by atomic mass is 16.5. The van der Waals surface area contributed by atoms with Gasteiger partial charge in [-0.25, -0.2) is 5.01 Å². The van der Waals surface area contributed by atoms with Crippen molar-refractivity contribution in [2.45, 2.75) is 26.2 Å². The van der Waals surface area contributed by atoms with Crippen LogP contribution < -0.4 is 0 Å². The monoisotopic (exact) mass is 274 g/mol. The fraction of sp³-hybridized carbons (Fsp3) is 0.400. The van der Waals surface area contributed by atoms with Crippen LogP contribution in [0.4, 0.5) is 0 Å². The second-order valence-corrected chi connectivity index (χ2v) is 4.51. The molecule has 1 saturated heterocycles. The molecule has 1 amide bonds. The van der Waals surface area contributed by atoms with Gasteiger partial charge in [-0.3, -0.25) is 9.59 Å². The maximum Gasteiger partial charge on any atom is 0.311 e. The Balaban J connectivity index is 2.22. The Labute approximate surface area is 118 Å². The highest BCUT2D eigenvalue weighted by Gasteiger charge is 2.21. The standard InChI is InChI=1S/C15H18N2O3/c1-2-20-15(19)11-13(12-7-4-3-5-8-12)16-17-10-6-9-14(17)18/h3-5,7-8H,2,6,9-11H2,1H3/b16-13+. The predicted molar refractivity (Wildman–Crippen MR) is 75.2 cm³/mol. The summed E-state index contributed by atoms with van der Waals surface area (Å²) in [6, 6.07) is 9.40. The zero-order valence-electron chi connectivity index (χ0n) is 11.5. The largest absolute Gasteiger partial charge is 0.466 e. The number of rotatable bonds is 5. The van der Waals surface area contributed by atoms with Crippen molar-refractivity contribution < 1.29 is 14.3 Å². The SMILES string of the molecule is CCOC(=O)C/C(=N\N1CCCC1=O)c1ccccc1. The minimum atomic E-state index is -0.332. The number of carbonyl (C=O) groups is 2. The van der Waals surface area contributed by atoms with Gasteiger partial charge in [0.05, 0.1) is 18.7 Å². The van der Waals surface area contributed by atoms with E-state index >= 15 is 0 Å². The summed E-state index contributed by atoms with van der Waals surface area (Å²) < 4.78 is 4.96. The normalized spacial score (nSPS) is 15.6. The maximum atomic E-state index is 11.7. The van der Waals surface area contributed by atoms with Gasteiger partial charge in [-0.1, -0.05) is 30.3 Å². The molecule has 0 unspecified atom stereocenters. The van der Waals surface area contributed by atoms with Crippen molar-refractivity contribution in [3.63, 3.8) is 0 Å². The minimum absolute atomic E-state index is 0.00212. The molecular weight excluding hydrogens is 256 g/mol. The molecule has 5 heteroatoms. The second kappa shape index (κ2) is 6.84. The lowest BCUT2D eigenvalue weighted by Crippen LogP contribution is -2.22. The molecule has 0 aromatic heterocycles. The molecule has 0 N–H and O–H groups in total. The number of hydrogen-bond donors (Lipinski definition) is 0. The van der Waals surface area contributed by atoms with Gasteiger partial charge in [-0.05, 0) is 18.9 Å². The fourth-order valence-electron chi connectivity index (χ4n) is 2.06. The molecule has 0 aliphatic carbocycles. The summed E-state index contributed by atoms with van der Waals surface area (Å²) in [5.41, 5.74) is 1.40. The van der Waals surface area contributed by atoms with Crippen molar-refractivity contribution in [3.05, 3.63) is 35.9 Å². The highest BCUT2D eigenvalue weighted by Crippen LogP contribution is 2.13. The van der Waals surface area contributed by atoms with Gasteiger partial charge in [0.2, 0.25) is 5.91 Å². The summed E-state index contributed by atoms with van der Waals surface area (Å²) in [4.78, 5) is 23.3. The van der Waals surface area contributed by atoms with E-state index < -0.39 is 0 Å². The topological polar surface area (TPSA) is 59.0 Å². The molecule has 1 aromatic carbocycles. The van der Waals surface area contributed by atoms with Crippen LogP contribution >= 0.6 is 0 Å². The van der Waals surface area contributed by atoms with E-state index in [1.54, 1.807) is 6.92 Å². The van der Waals surface area contributed by atoms with Crippen molar-refractivity contribution >= 4 is 17.6 Å². The second-order valence-electron chi connectivity index (χ2n) is 4.51. The first kappa shape index (κ1) is 14.2. The van der Waals surface area contributed by atoms with Gasteiger partial charge in [0.25, 0.3) is 0 Å². The first-order chi connectivity index (χ1) is 9.70. The van der Waals surface area contributed by atoms with Gasteiger partial charge >= 0.3 is 5.97 Å². The Morgan fingerprint density at radius 2 is 2.10 bits per heavy atom. The summed E-state index contributed by atoms with van der Waals surface area (Å²) in [5, 5.41) is 5.79. The number of benzene rings is 1. The number of hydrazone groups is 1. The number of hydrogen-bond acceptors (Lipinski definition) is 4. The van der Waals surface area contributed by atoms with Crippen molar-refractivity contribution in [3.8, 4) is 0 Å². The van der Waals surface area contributed by atoms with E-state index in [9.17, 15) is 9.59 Å². The molecule has 1 fully saturated rings. The third-order valence-electron chi connectivity index (χ3n) is 3.01. The summed E-state index contributed by atoms with van der Waals surface area (Å²) in [5.74, 6) is -0.330. The van der Waals surface area contributed by atoms with Crippen LogP contribution in [0.3, 0.4) is 0 Å². The third kappa shape index (κ3) is 3.66. The number of esters is 1. The summed E-state index contributed by atoms with van der Waals surface area (Å²) in [6.07, 6.45) is 1.40. The van der Waals surface area contributed by atoms with Crippen molar-refractivity contribution in [2.24, 2.45) is 5.10 Å². The Bertz CT molecular complexity index is 511. The van der Waals surface area contributed by atoms with E-state index in [1.165, 1.54) is 5.01 Å². The maximum absolute atomic E-state index is 11.7. The lowest BCUT2D eigenvalue weighted by atomic mass is 10.1. The van der Waals surface area contributed by atoms with Crippen LogP contribution in [-0.2, 0) is 14.3 Å². The molecule has 0 radical (unpaired) electrons. The predicted octanol–water partition coefficient (Wildman–Crippen LogP) is 1.97. The van der Waals surface area contributed by atoms with Gasteiger partial charge < -0.3 is 4.74 Å². The van der Waals surface area contributed by atoms with Gasteiger partial charge in [0, 0.05) is 13.0 Å². The Morgan fingerprint density at radius 1 is 1.35 bits per heavy atom. The fourth-order valence-corrected chi connectivity index (χ4v) is 2.06. The molecule has 0 atom stereocenters. The molecule has 0 saturated carbocycles. The van der Waals surface area contributed by atoms with Crippen molar-refractivity contribution in [2.75, 3.05) is 13.2 Å². The Morgan fingerprint density at radius 3 is 2.70 bits per heavy atom. The molecule has 1 heterocycles. The van der Waals surface area contributed by atoms with Crippen LogP contribution in [0.15, 0.2) is 35.4 Å². The van der Waals surface area contributed by atoms with E-state index in [1.807, 2.05) is 30.3 Å². The zero-order chi connectivity index (χ0) is 14.4. The van der Waals surface area contributed by atoms with Crippen LogP contribution in [-0.4, -0.2) is 35.7 Å². The first-order valence-corrected chi connectivity index (χ1v) is 6.79. The van der Waals surface area contributed by atoms with E-state index in [-0.39, 0.29) is 18.3 Å². The van der Waals surface area contributed by atoms with Crippen LogP contribution in [0.5, 0.6) is 0 Å². The van der Waals surface area contributed by atoms with Gasteiger partial charge in [0.15, 0.2) is 0 Å². The summed E-state index contributed by atoms with van der Waals surface area (Å²) >= 11 is 0. The molecule has 1 aliphatic heterocycles. The van der Waals surface area contributed by atoms with E-state index in [0.717, 1.165) is 12.0 Å². The highest BCUT2D eigenvalue weighted by molar-refractivity contribution is 6.09. The lowest BCUT2D eigenvalue weighted by Gasteiger charge is -2.13. The third-order valence-corrected chi connectivity index (χ3v) is 3.01. The molecule has 2 rings (SSSR count). The van der Waals surface area contributed by atoms with E-state index in [2.05, 4.69) is 5.10 Å². The molecular formula is C15H18N2O3. The molecule has 0 bridgehead atoms. The molecule has 5 nitrogen and oxygen atoms in total. The molecule has 20 heavy (non-hydrogen) atoms. The average Bonchev–Trinajstić information content (AvgIpc) is 2.85. The van der Waals surface area contributed by atoms with Crippen molar-refractivity contribution in [1.82, 2.24) is 5.01 Å². The lowest BCUT2D eigenvalue weighted by molar-refractivity contribution is -0.141. The quantitative estimate of drug-likeness (QED) is 0.609. The van der Waals surface area contributed by atoms with Crippen LogP contribution in [0.1, 0.15) is 31.7 Å². The minimum Gasteiger partial charge on any atom is -0.466 e. The van der Waals surface area contributed by atoms with Gasteiger partial charge in [-0.15, -0.1) is 0 Å². The number of nitrogens with zero attached hydrogens (tertiary/aromatic N) is 2. The summed E-state index contributed by atoms with van der Waals surface area (Å²) in [6.45, 7) is 2.71. The van der Waals surface area contributed by atoms with Crippen LogP contribution in [0.2, 0.25) is 0 Å². The number of ether oxygens (including phenoxy) is 1. The van der Waals surface area contributed by atoms with E-state index in [4.69, 9.17) is 4.74 Å². The Kier molecular flexibility index (Phi) is 4.87. The molecule has 1 aliphatic rings. The molecule has 1 aromatic rings. The van der Waals surface area contributed by atoms with E-state index in [0.29, 0.717) is 25.3 Å². The zero-order valence-corrected chi connectivity index (χ0v) is 11.5. The van der Waals surface area contributed by atoms with Crippen LogP contribution in [0.25, 0.3) is 0 Å². The number of carbonyl (C=O) groups excluding carboxylic acids is 2. The van der Waals surface area contributed by atoms with Crippen LogP contribution in [0, 0.1) is 0 Å².